The molecule has 1 aliphatic heterocycles. The monoisotopic (exact) mass is 255 g/mol. The van der Waals surface area contributed by atoms with Crippen LogP contribution in [0.15, 0.2) is 6.07 Å². The van der Waals surface area contributed by atoms with Crippen molar-refractivity contribution in [1.82, 2.24) is 0 Å². The maximum absolute atomic E-state index is 11.1. The molecule has 2 heterocycles. The van der Waals surface area contributed by atoms with Crippen molar-refractivity contribution in [3.05, 3.63) is 21.1 Å². The van der Waals surface area contributed by atoms with Gasteiger partial charge in [0.2, 0.25) is 0 Å². The number of anilines is 1. The fourth-order valence-corrected chi connectivity index (χ4v) is 2.98. The van der Waals surface area contributed by atoms with Gasteiger partial charge in [-0.05, 0) is 19.3 Å². The van der Waals surface area contributed by atoms with E-state index in [0.717, 1.165) is 43.7 Å². The molecule has 0 bridgehead atoms. The van der Waals surface area contributed by atoms with Crippen LogP contribution < -0.4 is 10.6 Å². The first-order valence-corrected chi connectivity index (χ1v) is 6.24. The summed E-state index contributed by atoms with van der Waals surface area (Å²) in [6.45, 7) is 1.61. The Balaban J connectivity index is 2.36. The van der Waals surface area contributed by atoms with Gasteiger partial charge in [0.05, 0.1) is 4.92 Å². The van der Waals surface area contributed by atoms with Crippen molar-refractivity contribution in [2.75, 3.05) is 18.0 Å². The van der Waals surface area contributed by atoms with Gasteiger partial charge < -0.3 is 10.6 Å². The third-order valence-electron chi connectivity index (χ3n) is 2.78. The molecule has 1 saturated heterocycles. The van der Waals surface area contributed by atoms with Crippen molar-refractivity contribution >= 4 is 27.9 Å². The average molecular weight is 255 g/mol. The lowest BCUT2D eigenvalue weighted by molar-refractivity contribution is -0.383. The van der Waals surface area contributed by atoms with E-state index in [9.17, 15) is 14.9 Å². The number of hydrogen-bond acceptors (Lipinski definition) is 5. The number of rotatable bonds is 3. The van der Waals surface area contributed by atoms with Crippen LogP contribution in [0.1, 0.15) is 28.9 Å². The Hall–Kier alpha value is -1.63. The lowest BCUT2D eigenvalue weighted by Gasteiger charge is -2.26. The Morgan fingerprint density at radius 2 is 2.06 bits per heavy atom. The molecule has 17 heavy (non-hydrogen) atoms. The Bertz CT molecular complexity index is 452. The number of hydrogen-bond donors (Lipinski definition) is 1. The zero-order chi connectivity index (χ0) is 12.4. The predicted molar refractivity (Wildman–Crippen MR) is 65.6 cm³/mol. The van der Waals surface area contributed by atoms with Crippen molar-refractivity contribution < 1.29 is 9.72 Å². The number of nitro groups is 1. The van der Waals surface area contributed by atoms with Crippen LogP contribution in [0.2, 0.25) is 0 Å². The highest BCUT2D eigenvalue weighted by atomic mass is 32.1. The van der Waals surface area contributed by atoms with Crippen molar-refractivity contribution in [2.45, 2.75) is 19.3 Å². The van der Waals surface area contributed by atoms with Crippen molar-refractivity contribution in [2.24, 2.45) is 5.73 Å². The Morgan fingerprint density at radius 3 is 2.59 bits per heavy atom. The van der Waals surface area contributed by atoms with Gasteiger partial charge in [0, 0.05) is 19.2 Å². The molecule has 7 heteroatoms. The van der Waals surface area contributed by atoms with Gasteiger partial charge in [-0.15, -0.1) is 11.3 Å². The fourth-order valence-electron chi connectivity index (χ4n) is 1.95. The number of primary amides is 1. The third kappa shape index (κ3) is 2.38. The SMILES string of the molecule is NC(=O)c1cc([N+](=O)[O-])c(N2CCCCC2)s1. The van der Waals surface area contributed by atoms with Gasteiger partial charge in [0.25, 0.3) is 5.91 Å². The molecule has 1 aromatic heterocycles. The normalized spacial score (nSPS) is 15.9. The van der Waals surface area contributed by atoms with Crippen LogP contribution in [-0.2, 0) is 0 Å². The van der Waals surface area contributed by atoms with Gasteiger partial charge >= 0.3 is 5.69 Å². The summed E-state index contributed by atoms with van der Waals surface area (Å²) in [6, 6.07) is 1.27. The van der Waals surface area contributed by atoms with Gasteiger partial charge in [0.15, 0.2) is 5.00 Å². The Labute approximate surface area is 102 Å². The lowest BCUT2D eigenvalue weighted by Crippen LogP contribution is -2.29. The highest BCUT2D eigenvalue weighted by Gasteiger charge is 2.26. The number of carbonyl (C=O) groups is 1. The number of thiophene rings is 1. The van der Waals surface area contributed by atoms with Gasteiger partial charge in [-0.2, -0.15) is 0 Å². The minimum atomic E-state index is -0.610. The van der Waals surface area contributed by atoms with E-state index in [0.29, 0.717) is 5.00 Å². The molecule has 1 fully saturated rings. The maximum Gasteiger partial charge on any atom is 0.304 e. The van der Waals surface area contributed by atoms with Crippen LogP contribution in [0.3, 0.4) is 0 Å². The number of amides is 1. The summed E-state index contributed by atoms with van der Waals surface area (Å²) in [5.41, 5.74) is 5.15. The number of nitrogens with zero attached hydrogens (tertiary/aromatic N) is 2. The van der Waals surface area contributed by atoms with Crippen LogP contribution in [0, 0.1) is 10.1 Å². The topological polar surface area (TPSA) is 89.5 Å². The number of nitrogens with two attached hydrogens (primary N) is 1. The molecule has 0 saturated carbocycles. The number of piperidine rings is 1. The minimum absolute atomic E-state index is 0.00861. The third-order valence-corrected chi connectivity index (χ3v) is 3.98. The highest BCUT2D eigenvalue weighted by Crippen LogP contribution is 2.38. The molecule has 0 radical (unpaired) electrons. The van der Waals surface area contributed by atoms with E-state index in [-0.39, 0.29) is 10.6 Å². The van der Waals surface area contributed by atoms with Gasteiger partial charge in [-0.1, -0.05) is 0 Å². The molecular weight excluding hydrogens is 242 g/mol. The summed E-state index contributed by atoms with van der Waals surface area (Å²) >= 11 is 1.11. The molecule has 6 nitrogen and oxygen atoms in total. The molecular formula is C10H13N3O3S. The fraction of sp³-hybridized carbons (Fsp3) is 0.500. The quantitative estimate of drug-likeness (QED) is 0.658. The van der Waals surface area contributed by atoms with Crippen LogP contribution in [0.4, 0.5) is 10.7 Å². The lowest BCUT2D eigenvalue weighted by atomic mass is 10.1. The van der Waals surface area contributed by atoms with Crippen molar-refractivity contribution in [1.29, 1.82) is 0 Å². The van der Waals surface area contributed by atoms with Crippen LogP contribution in [0.5, 0.6) is 0 Å². The summed E-state index contributed by atoms with van der Waals surface area (Å²) < 4.78 is 0. The maximum atomic E-state index is 11.1. The number of carbonyl (C=O) groups excluding carboxylic acids is 1. The molecule has 2 rings (SSSR count). The largest absolute Gasteiger partial charge is 0.365 e. The smallest absolute Gasteiger partial charge is 0.304 e. The Kier molecular flexibility index (Phi) is 3.28. The van der Waals surface area contributed by atoms with Gasteiger partial charge in [-0.25, -0.2) is 0 Å². The van der Waals surface area contributed by atoms with E-state index >= 15 is 0 Å². The van der Waals surface area contributed by atoms with E-state index in [1.165, 1.54) is 6.07 Å². The highest BCUT2D eigenvalue weighted by molar-refractivity contribution is 7.18. The van der Waals surface area contributed by atoms with E-state index in [4.69, 9.17) is 5.73 Å². The molecule has 1 amide bonds. The van der Waals surface area contributed by atoms with E-state index in [1.54, 1.807) is 0 Å². The second-order valence-corrected chi connectivity index (χ2v) is 5.00. The summed E-state index contributed by atoms with van der Waals surface area (Å²) in [6.07, 6.45) is 3.21. The summed E-state index contributed by atoms with van der Waals surface area (Å²) in [7, 11) is 0. The van der Waals surface area contributed by atoms with E-state index in [1.807, 2.05) is 4.90 Å². The molecule has 0 aliphatic carbocycles. The standard InChI is InChI=1S/C10H13N3O3S/c11-9(14)8-6-7(13(15)16)10(17-8)12-4-2-1-3-5-12/h6H,1-5H2,(H2,11,14). The minimum Gasteiger partial charge on any atom is -0.365 e. The zero-order valence-electron chi connectivity index (χ0n) is 9.22. The van der Waals surface area contributed by atoms with Crippen molar-refractivity contribution in [3.8, 4) is 0 Å². The summed E-state index contributed by atoms with van der Waals surface area (Å²) in [4.78, 5) is 23.8. The average Bonchev–Trinajstić information content (AvgIpc) is 2.75. The van der Waals surface area contributed by atoms with E-state index in [2.05, 4.69) is 0 Å². The van der Waals surface area contributed by atoms with Gasteiger partial charge in [0.1, 0.15) is 4.88 Å². The predicted octanol–water partition coefficient (Wildman–Crippen LogP) is 1.75. The molecule has 0 spiro atoms. The molecule has 1 aliphatic rings. The molecule has 0 atom stereocenters. The molecule has 1 aromatic rings. The second kappa shape index (κ2) is 4.70. The molecule has 0 aromatic carbocycles. The zero-order valence-corrected chi connectivity index (χ0v) is 10.0. The Morgan fingerprint density at radius 1 is 1.41 bits per heavy atom. The van der Waals surface area contributed by atoms with Crippen LogP contribution in [0.25, 0.3) is 0 Å². The first kappa shape index (κ1) is 11.8. The first-order chi connectivity index (χ1) is 8.09. The summed E-state index contributed by atoms with van der Waals surface area (Å²) in [5, 5.41) is 11.5. The van der Waals surface area contributed by atoms with E-state index < -0.39 is 10.8 Å². The summed E-state index contributed by atoms with van der Waals surface area (Å²) in [5.74, 6) is -0.610. The second-order valence-electron chi connectivity index (χ2n) is 3.97. The first-order valence-electron chi connectivity index (χ1n) is 5.42. The molecule has 92 valence electrons. The molecule has 0 unspecified atom stereocenters. The van der Waals surface area contributed by atoms with Crippen molar-refractivity contribution in [3.63, 3.8) is 0 Å². The van der Waals surface area contributed by atoms with Crippen LogP contribution >= 0.6 is 11.3 Å². The molecule has 2 N–H and O–H groups in total. The van der Waals surface area contributed by atoms with Crippen LogP contribution in [-0.4, -0.2) is 23.9 Å². The van der Waals surface area contributed by atoms with Gasteiger partial charge in [-0.3, -0.25) is 14.9 Å².